The first kappa shape index (κ1) is 15.2. The van der Waals surface area contributed by atoms with E-state index in [-0.39, 0.29) is 0 Å². The van der Waals surface area contributed by atoms with E-state index in [4.69, 9.17) is 20.9 Å². The number of hydrogen-bond acceptors (Lipinski definition) is 3. The highest BCUT2D eigenvalue weighted by Crippen LogP contribution is 2.27. The van der Waals surface area contributed by atoms with Gasteiger partial charge in [0, 0.05) is 11.4 Å². The monoisotopic (exact) mass is 276 g/mol. The average Bonchev–Trinajstić information content (AvgIpc) is 2.34. The van der Waals surface area contributed by atoms with Gasteiger partial charge in [-0.15, -0.1) is 0 Å². The number of anilines is 2. The molecule has 0 saturated heterocycles. The minimum absolute atomic E-state index is 0.799. The standard InChI is InChI=1S/C14H16N2.HO2P/c1-9-8-12(15)4-5-13(9)11-3-6-14(16)10(2)7-11;1-3-2/h3-8H,15-16H2,1-2H3;(H,1,2). The Kier molecular flexibility index (Phi) is 5.49. The fourth-order valence-electron chi connectivity index (χ4n) is 1.85. The summed E-state index contributed by atoms with van der Waals surface area (Å²) >= 11 is 0. The van der Waals surface area contributed by atoms with Gasteiger partial charge in [0.15, 0.2) is 0 Å². The molecule has 2 rings (SSSR count). The van der Waals surface area contributed by atoms with Crippen molar-refractivity contribution in [3.63, 3.8) is 0 Å². The van der Waals surface area contributed by atoms with Crippen LogP contribution in [0.1, 0.15) is 11.1 Å². The van der Waals surface area contributed by atoms with E-state index in [0.29, 0.717) is 0 Å². The van der Waals surface area contributed by atoms with Gasteiger partial charge in [0.2, 0.25) is 0 Å². The van der Waals surface area contributed by atoms with Crippen molar-refractivity contribution in [2.45, 2.75) is 13.8 Å². The Balaban J connectivity index is 0.000000550. The summed E-state index contributed by atoms with van der Waals surface area (Å²) in [6.45, 7) is 4.09. The first-order valence-electron chi connectivity index (χ1n) is 5.69. The zero-order chi connectivity index (χ0) is 14.4. The van der Waals surface area contributed by atoms with Gasteiger partial charge in [-0.25, -0.2) is 4.57 Å². The fraction of sp³-hybridized carbons (Fsp3) is 0.143. The predicted molar refractivity (Wildman–Crippen MR) is 80.0 cm³/mol. The average molecular weight is 276 g/mol. The number of benzene rings is 2. The lowest BCUT2D eigenvalue weighted by molar-refractivity contribution is 0.524. The van der Waals surface area contributed by atoms with E-state index in [9.17, 15) is 0 Å². The quantitative estimate of drug-likeness (QED) is 0.550. The molecular formula is C14H17N2O2P. The Morgan fingerprint density at radius 3 is 2.16 bits per heavy atom. The van der Waals surface area contributed by atoms with E-state index in [2.05, 4.69) is 19.1 Å². The molecule has 0 aliphatic carbocycles. The van der Waals surface area contributed by atoms with Crippen molar-refractivity contribution < 1.29 is 9.46 Å². The lowest BCUT2D eigenvalue weighted by Crippen LogP contribution is -1.92. The van der Waals surface area contributed by atoms with Crippen molar-refractivity contribution in [3.05, 3.63) is 47.5 Å². The van der Waals surface area contributed by atoms with E-state index >= 15 is 0 Å². The predicted octanol–water partition coefficient (Wildman–Crippen LogP) is 3.32. The largest absolute Gasteiger partial charge is 0.399 e. The lowest BCUT2D eigenvalue weighted by Gasteiger charge is -2.09. The van der Waals surface area contributed by atoms with Crippen molar-refractivity contribution in [2.24, 2.45) is 0 Å². The van der Waals surface area contributed by atoms with E-state index in [0.717, 1.165) is 16.9 Å². The van der Waals surface area contributed by atoms with Gasteiger partial charge in [0.05, 0.1) is 0 Å². The molecule has 0 unspecified atom stereocenters. The minimum atomic E-state index is -0.833. The van der Waals surface area contributed by atoms with Crippen LogP contribution < -0.4 is 11.5 Å². The number of nitrogens with two attached hydrogens (primary N) is 2. The van der Waals surface area contributed by atoms with Gasteiger partial charge in [-0.2, -0.15) is 0 Å². The van der Waals surface area contributed by atoms with Crippen molar-refractivity contribution in [3.8, 4) is 11.1 Å². The van der Waals surface area contributed by atoms with Gasteiger partial charge in [-0.05, 0) is 60.4 Å². The van der Waals surface area contributed by atoms with Crippen LogP contribution in [-0.4, -0.2) is 4.89 Å². The van der Waals surface area contributed by atoms with Crippen LogP contribution in [0.5, 0.6) is 0 Å². The van der Waals surface area contributed by atoms with Crippen molar-refractivity contribution in [1.29, 1.82) is 0 Å². The van der Waals surface area contributed by atoms with E-state index < -0.39 is 8.69 Å². The molecule has 0 fully saturated rings. The van der Waals surface area contributed by atoms with Crippen LogP contribution in [0.3, 0.4) is 0 Å². The molecule has 2 aromatic carbocycles. The zero-order valence-corrected chi connectivity index (χ0v) is 11.8. The third kappa shape index (κ3) is 4.05. The summed E-state index contributed by atoms with van der Waals surface area (Å²) in [5.74, 6) is 0. The Morgan fingerprint density at radius 1 is 1.00 bits per heavy atom. The second-order valence-corrected chi connectivity index (χ2v) is 4.39. The maximum absolute atomic E-state index is 8.46. The topological polar surface area (TPSA) is 89.3 Å². The van der Waals surface area contributed by atoms with Crippen molar-refractivity contribution in [1.82, 2.24) is 0 Å². The van der Waals surface area contributed by atoms with Crippen LogP contribution in [0.2, 0.25) is 0 Å². The van der Waals surface area contributed by atoms with Crippen LogP contribution in [0.4, 0.5) is 11.4 Å². The first-order chi connectivity index (χ1) is 8.99. The zero-order valence-electron chi connectivity index (χ0n) is 10.9. The fourth-order valence-corrected chi connectivity index (χ4v) is 1.85. The van der Waals surface area contributed by atoms with Crippen LogP contribution in [-0.2, 0) is 4.57 Å². The summed E-state index contributed by atoms with van der Waals surface area (Å²) in [4.78, 5) is 6.99. The van der Waals surface area contributed by atoms with E-state index in [1.807, 2.05) is 31.2 Å². The Hall–Kier alpha value is -1.90. The highest BCUT2D eigenvalue weighted by Gasteiger charge is 2.03. The number of rotatable bonds is 1. The molecule has 0 aliphatic heterocycles. The molecule has 0 radical (unpaired) electrons. The number of nitrogen functional groups attached to an aromatic ring is 2. The van der Waals surface area contributed by atoms with E-state index in [1.54, 1.807) is 0 Å². The van der Waals surface area contributed by atoms with Crippen molar-refractivity contribution in [2.75, 3.05) is 11.5 Å². The number of hydrogen-bond donors (Lipinski definition) is 3. The van der Waals surface area contributed by atoms with Gasteiger partial charge < -0.3 is 16.4 Å². The molecule has 0 aromatic heterocycles. The Labute approximate surface area is 114 Å². The summed E-state index contributed by atoms with van der Waals surface area (Å²) < 4.78 is 8.46. The third-order valence-electron chi connectivity index (χ3n) is 2.83. The maximum atomic E-state index is 8.46. The van der Waals surface area contributed by atoms with Gasteiger partial charge >= 0.3 is 8.69 Å². The van der Waals surface area contributed by atoms with Crippen LogP contribution in [0.15, 0.2) is 36.4 Å². The second kappa shape index (κ2) is 6.88. The first-order valence-corrected chi connectivity index (χ1v) is 6.45. The summed E-state index contributed by atoms with van der Waals surface area (Å²) in [5.41, 5.74) is 17.9. The number of aryl methyl sites for hydroxylation is 2. The molecule has 0 saturated carbocycles. The van der Waals surface area contributed by atoms with Crippen LogP contribution in [0.25, 0.3) is 11.1 Å². The molecule has 0 atom stereocenters. The molecule has 0 heterocycles. The smallest absolute Gasteiger partial charge is 0.324 e. The third-order valence-corrected chi connectivity index (χ3v) is 2.83. The Morgan fingerprint density at radius 2 is 1.63 bits per heavy atom. The van der Waals surface area contributed by atoms with Crippen LogP contribution in [0, 0.1) is 13.8 Å². The molecule has 0 bridgehead atoms. The molecule has 0 amide bonds. The van der Waals surface area contributed by atoms with Gasteiger partial charge in [0.1, 0.15) is 0 Å². The molecule has 0 aliphatic rings. The van der Waals surface area contributed by atoms with Crippen molar-refractivity contribution >= 4 is 20.1 Å². The minimum Gasteiger partial charge on any atom is -0.399 e. The summed E-state index contributed by atoms with van der Waals surface area (Å²) in [7, 11) is -0.833. The highest BCUT2D eigenvalue weighted by molar-refractivity contribution is 7.16. The summed E-state index contributed by atoms with van der Waals surface area (Å²) in [6.07, 6.45) is 0. The maximum Gasteiger partial charge on any atom is 0.324 e. The molecule has 100 valence electrons. The molecule has 5 N–H and O–H groups in total. The molecule has 4 nitrogen and oxygen atoms in total. The highest BCUT2D eigenvalue weighted by atomic mass is 31.1. The molecule has 0 spiro atoms. The van der Waals surface area contributed by atoms with E-state index in [1.165, 1.54) is 16.7 Å². The van der Waals surface area contributed by atoms with Gasteiger partial charge in [-0.1, -0.05) is 12.1 Å². The SMILES string of the molecule is Cc1cc(-c2ccc(N)cc2C)ccc1N.O=PO. The normalized spacial score (nSPS) is 9.84. The molecule has 19 heavy (non-hydrogen) atoms. The van der Waals surface area contributed by atoms with Gasteiger partial charge in [-0.3, -0.25) is 0 Å². The molecule has 5 heteroatoms. The molecule has 2 aromatic rings. The molecular weight excluding hydrogens is 259 g/mol. The Bertz CT molecular complexity index is 586. The second-order valence-electron chi connectivity index (χ2n) is 4.23. The van der Waals surface area contributed by atoms with Gasteiger partial charge in [0.25, 0.3) is 0 Å². The summed E-state index contributed by atoms with van der Waals surface area (Å²) in [6, 6.07) is 12.1. The summed E-state index contributed by atoms with van der Waals surface area (Å²) in [5, 5.41) is 0. The van der Waals surface area contributed by atoms with Crippen LogP contribution >= 0.6 is 8.69 Å². The lowest BCUT2D eigenvalue weighted by atomic mass is 9.98.